The summed E-state index contributed by atoms with van der Waals surface area (Å²) in [6, 6.07) is 7.43. The van der Waals surface area contributed by atoms with Crippen LogP contribution in [0.25, 0.3) is 0 Å². The van der Waals surface area contributed by atoms with Gasteiger partial charge in [-0.1, -0.05) is 18.0 Å². The predicted molar refractivity (Wildman–Crippen MR) is 74.3 cm³/mol. The molecule has 0 unspecified atom stereocenters. The van der Waals surface area contributed by atoms with Gasteiger partial charge in [-0.3, -0.25) is 4.79 Å². The first-order valence-electron chi connectivity index (χ1n) is 6.88. The highest BCUT2D eigenvalue weighted by atomic mass is 35.5. The third-order valence-electron chi connectivity index (χ3n) is 4.27. The van der Waals surface area contributed by atoms with Gasteiger partial charge in [0.25, 0.3) is 5.91 Å². The molecule has 2 fully saturated rings. The van der Waals surface area contributed by atoms with Crippen molar-refractivity contribution >= 4 is 17.5 Å². The molecule has 2 aliphatic carbocycles. The molecular formula is C15H18ClNO2. The van der Waals surface area contributed by atoms with Crippen molar-refractivity contribution in [1.29, 1.82) is 0 Å². The topological polar surface area (TPSA) is 38.3 Å². The summed E-state index contributed by atoms with van der Waals surface area (Å²) < 4.78 is 5.44. The molecule has 1 aromatic rings. The van der Waals surface area contributed by atoms with Gasteiger partial charge in [0.05, 0.1) is 0 Å². The van der Waals surface area contributed by atoms with E-state index in [4.69, 9.17) is 16.3 Å². The fourth-order valence-corrected chi connectivity index (χ4v) is 3.48. The van der Waals surface area contributed by atoms with E-state index in [9.17, 15) is 4.79 Å². The molecule has 0 saturated heterocycles. The number of hydrogen-bond donors (Lipinski definition) is 1. The van der Waals surface area contributed by atoms with Crippen LogP contribution >= 0.6 is 11.6 Å². The van der Waals surface area contributed by atoms with Gasteiger partial charge in [-0.05, 0) is 55.4 Å². The summed E-state index contributed by atoms with van der Waals surface area (Å²) in [7, 11) is 0. The van der Waals surface area contributed by atoms with Crippen LogP contribution in [0, 0.1) is 11.8 Å². The lowest BCUT2D eigenvalue weighted by molar-refractivity contribution is -0.124. The standard InChI is InChI=1S/C15H18ClNO2/c16-12-3-5-13(6-4-12)19-9-15(18)17-14-8-10-1-2-11(14)7-10/h3-6,10-11,14H,1-2,7-9H2,(H,17,18)/t10-,11+,14-/m0/s1. The fraction of sp³-hybridized carbons (Fsp3) is 0.533. The predicted octanol–water partition coefficient (Wildman–Crippen LogP) is 3.02. The van der Waals surface area contributed by atoms with Gasteiger partial charge >= 0.3 is 0 Å². The number of rotatable bonds is 4. The molecule has 4 heteroatoms. The van der Waals surface area contributed by atoms with Crippen molar-refractivity contribution in [1.82, 2.24) is 5.32 Å². The molecule has 0 heterocycles. The molecule has 0 aromatic heterocycles. The Hall–Kier alpha value is -1.22. The molecule has 3 nitrogen and oxygen atoms in total. The van der Waals surface area contributed by atoms with Crippen molar-refractivity contribution in [2.75, 3.05) is 6.61 Å². The largest absolute Gasteiger partial charge is 0.484 e. The molecule has 1 aromatic carbocycles. The van der Waals surface area contributed by atoms with Gasteiger partial charge in [0.1, 0.15) is 5.75 Å². The number of carbonyl (C=O) groups excluding carboxylic acids is 1. The second-order valence-corrected chi connectivity index (χ2v) is 6.03. The van der Waals surface area contributed by atoms with E-state index >= 15 is 0 Å². The van der Waals surface area contributed by atoms with Crippen molar-refractivity contribution in [3.63, 3.8) is 0 Å². The third kappa shape index (κ3) is 3.03. The second-order valence-electron chi connectivity index (χ2n) is 5.59. The van der Waals surface area contributed by atoms with E-state index in [2.05, 4.69) is 5.32 Å². The summed E-state index contributed by atoms with van der Waals surface area (Å²) in [6.45, 7) is 0.0789. The molecular weight excluding hydrogens is 262 g/mol. The highest BCUT2D eigenvalue weighted by Gasteiger charge is 2.40. The lowest BCUT2D eigenvalue weighted by atomic mass is 9.95. The van der Waals surface area contributed by atoms with Gasteiger partial charge in [0.15, 0.2) is 6.61 Å². The van der Waals surface area contributed by atoms with Crippen LogP contribution in [-0.2, 0) is 4.79 Å². The second kappa shape index (κ2) is 5.41. The molecule has 19 heavy (non-hydrogen) atoms. The molecule has 0 aliphatic heterocycles. The zero-order valence-corrected chi connectivity index (χ0v) is 11.5. The SMILES string of the molecule is O=C(COc1ccc(Cl)cc1)N[C@H]1C[C@H]2CC[C@@H]1C2. The molecule has 2 bridgehead atoms. The van der Waals surface area contributed by atoms with Crippen LogP contribution in [0.4, 0.5) is 0 Å². The average molecular weight is 280 g/mol. The van der Waals surface area contributed by atoms with E-state index in [0.717, 1.165) is 12.3 Å². The Balaban J connectivity index is 1.45. The maximum Gasteiger partial charge on any atom is 0.258 e. The van der Waals surface area contributed by atoms with Crippen molar-refractivity contribution in [2.24, 2.45) is 11.8 Å². The van der Waals surface area contributed by atoms with E-state index in [0.29, 0.717) is 22.7 Å². The zero-order valence-electron chi connectivity index (χ0n) is 10.8. The van der Waals surface area contributed by atoms with Crippen LogP contribution in [0.5, 0.6) is 5.75 Å². The van der Waals surface area contributed by atoms with E-state index in [-0.39, 0.29) is 12.5 Å². The number of fused-ring (bicyclic) bond motifs is 2. The van der Waals surface area contributed by atoms with Crippen LogP contribution < -0.4 is 10.1 Å². The molecule has 2 saturated carbocycles. The van der Waals surface area contributed by atoms with Crippen molar-refractivity contribution < 1.29 is 9.53 Å². The third-order valence-corrected chi connectivity index (χ3v) is 4.52. The van der Waals surface area contributed by atoms with Crippen molar-refractivity contribution in [3.8, 4) is 5.75 Å². The monoisotopic (exact) mass is 279 g/mol. The van der Waals surface area contributed by atoms with Crippen LogP contribution in [0.2, 0.25) is 5.02 Å². The summed E-state index contributed by atoms with van der Waals surface area (Å²) in [6.07, 6.45) is 5.06. The lowest BCUT2D eigenvalue weighted by Gasteiger charge is -2.22. The molecule has 3 rings (SSSR count). The molecule has 0 spiro atoms. The Morgan fingerprint density at radius 2 is 2.05 bits per heavy atom. The fourth-order valence-electron chi connectivity index (χ4n) is 3.35. The van der Waals surface area contributed by atoms with Crippen LogP contribution in [0.15, 0.2) is 24.3 Å². The van der Waals surface area contributed by atoms with E-state index in [1.54, 1.807) is 24.3 Å². The quantitative estimate of drug-likeness (QED) is 0.920. The van der Waals surface area contributed by atoms with Gasteiger partial charge < -0.3 is 10.1 Å². The van der Waals surface area contributed by atoms with Gasteiger partial charge in [0.2, 0.25) is 0 Å². The summed E-state index contributed by atoms with van der Waals surface area (Å²) in [4.78, 5) is 11.9. The average Bonchev–Trinajstić information content (AvgIpc) is 3.00. The van der Waals surface area contributed by atoms with Gasteiger partial charge in [-0.25, -0.2) is 0 Å². The highest BCUT2D eigenvalue weighted by molar-refractivity contribution is 6.30. The Kier molecular flexibility index (Phi) is 3.65. The number of nitrogens with one attached hydrogen (secondary N) is 1. The van der Waals surface area contributed by atoms with Crippen LogP contribution in [0.1, 0.15) is 25.7 Å². The number of ether oxygens (including phenoxy) is 1. The highest BCUT2D eigenvalue weighted by Crippen LogP contribution is 2.44. The molecule has 0 radical (unpaired) electrons. The maximum atomic E-state index is 11.9. The van der Waals surface area contributed by atoms with Gasteiger partial charge in [0, 0.05) is 11.1 Å². The first kappa shape index (κ1) is 12.8. The van der Waals surface area contributed by atoms with E-state index in [1.165, 1.54) is 19.3 Å². The zero-order chi connectivity index (χ0) is 13.2. The summed E-state index contributed by atoms with van der Waals surface area (Å²) in [5, 5.41) is 3.77. The summed E-state index contributed by atoms with van der Waals surface area (Å²) in [5.41, 5.74) is 0. The molecule has 2 aliphatic rings. The number of hydrogen-bond acceptors (Lipinski definition) is 2. The van der Waals surface area contributed by atoms with Crippen molar-refractivity contribution in [2.45, 2.75) is 31.7 Å². The molecule has 1 amide bonds. The first-order chi connectivity index (χ1) is 9.20. The number of benzene rings is 1. The number of carbonyl (C=O) groups is 1. The molecule has 3 atom stereocenters. The van der Waals surface area contributed by atoms with Gasteiger partial charge in [-0.2, -0.15) is 0 Å². The summed E-state index contributed by atoms with van der Waals surface area (Å²) >= 11 is 5.79. The number of halogens is 1. The smallest absolute Gasteiger partial charge is 0.258 e. The normalized spacial score (nSPS) is 28.4. The number of amides is 1. The Morgan fingerprint density at radius 3 is 2.68 bits per heavy atom. The molecule has 102 valence electrons. The van der Waals surface area contributed by atoms with Crippen LogP contribution in [0.3, 0.4) is 0 Å². The van der Waals surface area contributed by atoms with E-state index < -0.39 is 0 Å². The Morgan fingerprint density at radius 1 is 1.26 bits per heavy atom. The maximum absolute atomic E-state index is 11.9. The minimum atomic E-state index is -0.0208. The van der Waals surface area contributed by atoms with E-state index in [1.807, 2.05) is 0 Å². The van der Waals surface area contributed by atoms with Crippen molar-refractivity contribution in [3.05, 3.63) is 29.3 Å². The van der Waals surface area contributed by atoms with Gasteiger partial charge in [-0.15, -0.1) is 0 Å². The summed E-state index contributed by atoms with van der Waals surface area (Å²) in [5.74, 6) is 2.19. The minimum Gasteiger partial charge on any atom is -0.484 e. The van der Waals surface area contributed by atoms with Crippen LogP contribution in [-0.4, -0.2) is 18.6 Å². The Bertz CT molecular complexity index is 460. The first-order valence-corrected chi connectivity index (χ1v) is 7.26. The Labute approximate surface area is 118 Å². The minimum absolute atomic E-state index is 0.0208. The lowest BCUT2D eigenvalue weighted by Crippen LogP contribution is -2.40. The molecule has 1 N–H and O–H groups in total.